The molecule has 1 aromatic heterocycles. The summed E-state index contributed by atoms with van der Waals surface area (Å²) in [4.78, 5) is 29.8. The molecule has 3 aromatic rings. The van der Waals surface area contributed by atoms with Crippen LogP contribution in [0.1, 0.15) is 16.8 Å². The Morgan fingerprint density at radius 1 is 1.10 bits per heavy atom. The average molecular weight is 392 g/mol. The van der Waals surface area contributed by atoms with Crippen molar-refractivity contribution in [2.45, 2.75) is 19.5 Å². The smallest absolute Gasteiger partial charge is 0.318 e. The molecule has 2 aromatic carbocycles. The monoisotopic (exact) mass is 392 g/mol. The summed E-state index contributed by atoms with van der Waals surface area (Å²) < 4.78 is 5.27. The van der Waals surface area contributed by atoms with Crippen LogP contribution in [0.25, 0.3) is 10.9 Å². The summed E-state index contributed by atoms with van der Waals surface area (Å²) in [6.07, 6.45) is 0.798. The summed E-state index contributed by atoms with van der Waals surface area (Å²) in [6, 6.07) is 15.4. The largest absolute Gasteiger partial charge is 0.496 e. The average Bonchev–Trinajstić information content (AvgIpc) is 3.14. The second-order valence-electron chi connectivity index (χ2n) is 7.05. The van der Waals surface area contributed by atoms with Gasteiger partial charge in [0.25, 0.3) is 0 Å². The van der Waals surface area contributed by atoms with Crippen LogP contribution in [0.15, 0.2) is 48.5 Å². The number of benzene rings is 2. The van der Waals surface area contributed by atoms with Gasteiger partial charge in [-0.25, -0.2) is 4.79 Å². The molecule has 0 saturated heterocycles. The standard InChI is InChI=1S/C22H24N4O3/c1-29-20-9-5-2-6-15(20)12-23-21(27)13-24-22(28)26-11-10-17-16-7-3-4-8-18(16)25-19(17)14-26/h2-9,25H,10-14H2,1H3,(H,23,27)(H,24,28). The number of carbonyl (C=O) groups excluding carboxylic acids is 2. The number of carbonyl (C=O) groups is 2. The highest BCUT2D eigenvalue weighted by Gasteiger charge is 2.23. The summed E-state index contributed by atoms with van der Waals surface area (Å²) in [7, 11) is 1.60. The molecule has 0 fully saturated rings. The Bertz CT molecular complexity index is 1040. The molecule has 3 amide bonds. The lowest BCUT2D eigenvalue weighted by atomic mass is 10.0. The van der Waals surface area contributed by atoms with Crippen molar-refractivity contribution in [2.24, 2.45) is 0 Å². The number of aromatic nitrogens is 1. The van der Waals surface area contributed by atoms with Gasteiger partial charge in [-0.05, 0) is 24.1 Å². The van der Waals surface area contributed by atoms with Gasteiger partial charge in [0.05, 0.1) is 20.2 Å². The molecule has 0 bridgehead atoms. The van der Waals surface area contributed by atoms with Crippen LogP contribution >= 0.6 is 0 Å². The van der Waals surface area contributed by atoms with Crippen molar-refractivity contribution in [3.05, 3.63) is 65.4 Å². The number of ether oxygens (including phenoxy) is 1. The molecule has 0 unspecified atom stereocenters. The fourth-order valence-corrected chi connectivity index (χ4v) is 3.74. The van der Waals surface area contributed by atoms with E-state index < -0.39 is 0 Å². The number of rotatable bonds is 5. The Morgan fingerprint density at radius 2 is 1.90 bits per heavy atom. The number of fused-ring (bicyclic) bond motifs is 3. The van der Waals surface area contributed by atoms with E-state index >= 15 is 0 Å². The molecule has 0 radical (unpaired) electrons. The minimum Gasteiger partial charge on any atom is -0.496 e. The molecule has 0 aliphatic carbocycles. The van der Waals surface area contributed by atoms with Crippen LogP contribution in [0.3, 0.4) is 0 Å². The maximum Gasteiger partial charge on any atom is 0.318 e. The van der Waals surface area contributed by atoms with Crippen molar-refractivity contribution in [3.63, 3.8) is 0 Å². The SMILES string of the molecule is COc1ccccc1CNC(=O)CNC(=O)N1CCc2c([nH]c3ccccc23)C1. The van der Waals surface area contributed by atoms with Crippen LogP contribution in [0.5, 0.6) is 5.75 Å². The number of methoxy groups -OCH3 is 1. The lowest BCUT2D eigenvalue weighted by Crippen LogP contribution is -2.46. The Morgan fingerprint density at radius 3 is 2.76 bits per heavy atom. The van der Waals surface area contributed by atoms with Crippen LogP contribution in [0, 0.1) is 0 Å². The number of amides is 3. The molecule has 2 heterocycles. The molecular formula is C22H24N4O3. The van der Waals surface area contributed by atoms with Gasteiger partial charge in [-0.2, -0.15) is 0 Å². The summed E-state index contributed by atoms with van der Waals surface area (Å²) in [5.74, 6) is 0.479. The minimum absolute atomic E-state index is 0.0654. The Balaban J connectivity index is 1.29. The van der Waals surface area contributed by atoms with E-state index in [4.69, 9.17) is 4.74 Å². The number of aromatic amines is 1. The Hall–Kier alpha value is -3.48. The van der Waals surface area contributed by atoms with Crippen LogP contribution in [-0.4, -0.2) is 42.0 Å². The van der Waals surface area contributed by atoms with Crippen molar-refractivity contribution in [1.29, 1.82) is 0 Å². The third kappa shape index (κ3) is 4.03. The molecule has 3 N–H and O–H groups in total. The van der Waals surface area contributed by atoms with E-state index in [0.29, 0.717) is 19.6 Å². The maximum absolute atomic E-state index is 12.5. The van der Waals surface area contributed by atoms with Gasteiger partial charge in [-0.3, -0.25) is 4.79 Å². The zero-order valence-electron chi connectivity index (χ0n) is 16.3. The second-order valence-corrected chi connectivity index (χ2v) is 7.05. The van der Waals surface area contributed by atoms with E-state index in [1.165, 1.54) is 10.9 Å². The first-order valence-corrected chi connectivity index (χ1v) is 9.65. The van der Waals surface area contributed by atoms with E-state index in [0.717, 1.165) is 28.9 Å². The lowest BCUT2D eigenvalue weighted by molar-refractivity contribution is -0.120. The van der Waals surface area contributed by atoms with E-state index in [1.807, 2.05) is 42.5 Å². The lowest BCUT2D eigenvalue weighted by Gasteiger charge is -2.27. The topological polar surface area (TPSA) is 86.5 Å². The number of hydrogen-bond donors (Lipinski definition) is 3. The molecule has 7 nitrogen and oxygen atoms in total. The highest BCUT2D eigenvalue weighted by molar-refractivity contribution is 5.86. The van der Waals surface area contributed by atoms with Gasteiger partial charge in [0.15, 0.2) is 0 Å². The zero-order chi connectivity index (χ0) is 20.2. The molecule has 0 saturated carbocycles. The van der Waals surface area contributed by atoms with Gasteiger partial charge in [-0.15, -0.1) is 0 Å². The quantitative estimate of drug-likeness (QED) is 0.624. The molecule has 0 spiro atoms. The number of para-hydroxylation sites is 2. The molecule has 0 atom stereocenters. The van der Waals surface area contributed by atoms with Gasteiger partial charge < -0.3 is 25.3 Å². The minimum atomic E-state index is -0.243. The van der Waals surface area contributed by atoms with E-state index in [1.54, 1.807) is 12.0 Å². The van der Waals surface area contributed by atoms with Crippen molar-refractivity contribution < 1.29 is 14.3 Å². The summed E-state index contributed by atoms with van der Waals surface area (Å²) >= 11 is 0. The molecule has 150 valence electrons. The number of hydrogen-bond acceptors (Lipinski definition) is 3. The molecule has 29 heavy (non-hydrogen) atoms. The fourth-order valence-electron chi connectivity index (χ4n) is 3.74. The maximum atomic E-state index is 12.5. The predicted octanol–water partition coefficient (Wildman–Crippen LogP) is 2.56. The summed E-state index contributed by atoms with van der Waals surface area (Å²) in [5, 5.41) is 6.74. The van der Waals surface area contributed by atoms with Crippen LogP contribution in [0.2, 0.25) is 0 Å². The first kappa shape index (κ1) is 18.9. The number of urea groups is 1. The zero-order valence-corrected chi connectivity index (χ0v) is 16.3. The number of H-pyrrole nitrogens is 1. The summed E-state index contributed by atoms with van der Waals surface area (Å²) in [5.41, 5.74) is 4.32. The third-order valence-corrected chi connectivity index (χ3v) is 5.24. The van der Waals surface area contributed by atoms with Crippen molar-refractivity contribution in [3.8, 4) is 5.75 Å². The van der Waals surface area contributed by atoms with Gasteiger partial charge >= 0.3 is 6.03 Å². The Labute approximate surface area is 169 Å². The van der Waals surface area contributed by atoms with E-state index in [2.05, 4.69) is 21.7 Å². The normalized spacial score (nSPS) is 13.1. The van der Waals surface area contributed by atoms with E-state index in [9.17, 15) is 9.59 Å². The van der Waals surface area contributed by atoms with Crippen LogP contribution in [-0.2, 0) is 24.3 Å². The first-order chi connectivity index (χ1) is 14.2. The first-order valence-electron chi connectivity index (χ1n) is 9.65. The molecule has 1 aliphatic heterocycles. The van der Waals surface area contributed by atoms with Crippen LogP contribution < -0.4 is 15.4 Å². The fraction of sp³-hybridized carbons (Fsp3) is 0.273. The summed E-state index contributed by atoms with van der Waals surface area (Å²) in [6.45, 7) is 1.42. The number of nitrogens with one attached hydrogen (secondary N) is 3. The van der Waals surface area contributed by atoms with Gasteiger partial charge in [0, 0.05) is 35.2 Å². The van der Waals surface area contributed by atoms with Crippen molar-refractivity contribution in [2.75, 3.05) is 20.2 Å². The van der Waals surface area contributed by atoms with Crippen LogP contribution in [0.4, 0.5) is 4.79 Å². The van der Waals surface area contributed by atoms with Gasteiger partial charge in [0.1, 0.15) is 5.75 Å². The molecule has 4 rings (SSSR count). The highest BCUT2D eigenvalue weighted by Crippen LogP contribution is 2.27. The Kier molecular flexibility index (Phi) is 5.37. The van der Waals surface area contributed by atoms with Crippen molar-refractivity contribution in [1.82, 2.24) is 20.5 Å². The predicted molar refractivity (Wildman–Crippen MR) is 111 cm³/mol. The van der Waals surface area contributed by atoms with Gasteiger partial charge in [0.2, 0.25) is 5.91 Å². The van der Waals surface area contributed by atoms with Crippen molar-refractivity contribution >= 4 is 22.8 Å². The molecule has 1 aliphatic rings. The highest BCUT2D eigenvalue weighted by atomic mass is 16.5. The van der Waals surface area contributed by atoms with Gasteiger partial charge in [-0.1, -0.05) is 36.4 Å². The van der Waals surface area contributed by atoms with E-state index in [-0.39, 0.29) is 18.5 Å². The second kappa shape index (κ2) is 8.26. The number of nitrogens with zero attached hydrogens (tertiary/aromatic N) is 1. The third-order valence-electron chi connectivity index (χ3n) is 5.24. The molecular weight excluding hydrogens is 368 g/mol. The molecule has 7 heteroatoms.